The lowest BCUT2D eigenvalue weighted by atomic mass is 9.99. The van der Waals surface area contributed by atoms with Crippen LogP contribution in [0, 0.1) is 0 Å². The molecule has 1 aromatic rings. The summed E-state index contributed by atoms with van der Waals surface area (Å²) in [6.45, 7) is 2.23. The van der Waals surface area contributed by atoms with Crippen molar-refractivity contribution in [2.75, 3.05) is 11.1 Å². The second-order valence-corrected chi connectivity index (χ2v) is 3.84. The molecular formula is C10H14BrN. The highest BCUT2D eigenvalue weighted by molar-refractivity contribution is 9.09. The number of halogens is 1. The number of hydrogen-bond acceptors (Lipinski definition) is 1. The van der Waals surface area contributed by atoms with E-state index >= 15 is 0 Å². The fourth-order valence-corrected chi connectivity index (χ4v) is 1.84. The standard InChI is InChI=1S/C10H14BrN/c1-8(6-7-11)9-2-4-10(12)5-3-9/h2-5,8H,6-7,12H2,1H3. The summed E-state index contributed by atoms with van der Waals surface area (Å²) in [5, 5.41) is 1.05. The maximum absolute atomic E-state index is 5.59. The Morgan fingerprint density at radius 3 is 2.42 bits per heavy atom. The zero-order valence-electron chi connectivity index (χ0n) is 7.26. The minimum atomic E-state index is 0.616. The lowest BCUT2D eigenvalue weighted by Crippen LogP contribution is -1.94. The monoisotopic (exact) mass is 227 g/mol. The molecule has 12 heavy (non-hydrogen) atoms. The van der Waals surface area contributed by atoms with Gasteiger partial charge in [-0.3, -0.25) is 0 Å². The Morgan fingerprint density at radius 2 is 1.92 bits per heavy atom. The number of nitrogens with two attached hydrogens (primary N) is 1. The molecule has 0 aliphatic carbocycles. The third-order valence-electron chi connectivity index (χ3n) is 2.05. The van der Waals surface area contributed by atoms with E-state index in [1.54, 1.807) is 0 Å². The van der Waals surface area contributed by atoms with Crippen molar-refractivity contribution in [3.8, 4) is 0 Å². The number of benzene rings is 1. The van der Waals surface area contributed by atoms with Crippen LogP contribution in [0.2, 0.25) is 0 Å². The first-order valence-corrected chi connectivity index (χ1v) is 5.27. The summed E-state index contributed by atoms with van der Waals surface area (Å²) in [7, 11) is 0. The third-order valence-corrected chi connectivity index (χ3v) is 2.51. The van der Waals surface area contributed by atoms with Crippen LogP contribution in [-0.2, 0) is 0 Å². The Kier molecular flexibility index (Phi) is 3.60. The van der Waals surface area contributed by atoms with Crippen molar-refractivity contribution in [3.63, 3.8) is 0 Å². The van der Waals surface area contributed by atoms with Gasteiger partial charge >= 0.3 is 0 Å². The van der Waals surface area contributed by atoms with E-state index in [9.17, 15) is 0 Å². The molecule has 2 heteroatoms. The van der Waals surface area contributed by atoms with Crippen LogP contribution < -0.4 is 5.73 Å². The number of rotatable bonds is 3. The second-order valence-electron chi connectivity index (χ2n) is 3.05. The maximum atomic E-state index is 5.59. The quantitative estimate of drug-likeness (QED) is 0.624. The lowest BCUT2D eigenvalue weighted by molar-refractivity contribution is 0.744. The predicted octanol–water partition coefficient (Wildman–Crippen LogP) is 3.16. The Morgan fingerprint density at radius 1 is 1.33 bits per heavy atom. The topological polar surface area (TPSA) is 26.0 Å². The maximum Gasteiger partial charge on any atom is 0.0314 e. The van der Waals surface area contributed by atoms with Crippen LogP contribution >= 0.6 is 15.9 Å². The van der Waals surface area contributed by atoms with Crippen molar-refractivity contribution in [2.45, 2.75) is 19.3 Å². The van der Waals surface area contributed by atoms with E-state index in [1.807, 2.05) is 12.1 Å². The Bertz CT molecular complexity index is 230. The molecule has 0 saturated carbocycles. The Hall–Kier alpha value is -0.500. The average molecular weight is 228 g/mol. The van der Waals surface area contributed by atoms with Gasteiger partial charge in [0.1, 0.15) is 0 Å². The highest BCUT2D eigenvalue weighted by Crippen LogP contribution is 2.20. The minimum Gasteiger partial charge on any atom is -0.399 e. The normalized spacial score (nSPS) is 12.8. The number of hydrogen-bond donors (Lipinski definition) is 1. The van der Waals surface area contributed by atoms with Gasteiger partial charge in [-0.05, 0) is 30.0 Å². The first-order valence-electron chi connectivity index (χ1n) is 4.15. The summed E-state index contributed by atoms with van der Waals surface area (Å²) in [4.78, 5) is 0. The first kappa shape index (κ1) is 9.59. The molecule has 0 saturated heterocycles. The summed E-state index contributed by atoms with van der Waals surface area (Å²) in [5.41, 5.74) is 7.79. The van der Waals surface area contributed by atoms with Crippen LogP contribution in [0.15, 0.2) is 24.3 Å². The van der Waals surface area contributed by atoms with Gasteiger partial charge in [-0.2, -0.15) is 0 Å². The molecule has 2 N–H and O–H groups in total. The summed E-state index contributed by atoms with van der Waals surface area (Å²) in [6.07, 6.45) is 1.17. The highest BCUT2D eigenvalue weighted by atomic mass is 79.9. The van der Waals surface area contributed by atoms with E-state index in [0.29, 0.717) is 5.92 Å². The Balaban J connectivity index is 2.68. The van der Waals surface area contributed by atoms with Crippen molar-refractivity contribution in [1.29, 1.82) is 0 Å². The Labute approximate surface area is 82.1 Å². The minimum absolute atomic E-state index is 0.616. The predicted molar refractivity (Wildman–Crippen MR) is 57.7 cm³/mol. The zero-order chi connectivity index (χ0) is 8.97. The summed E-state index contributed by atoms with van der Waals surface area (Å²) < 4.78 is 0. The molecule has 1 atom stereocenters. The van der Waals surface area contributed by atoms with Gasteiger partial charge in [-0.25, -0.2) is 0 Å². The zero-order valence-corrected chi connectivity index (χ0v) is 8.84. The molecule has 0 fully saturated rings. The van der Waals surface area contributed by atoms with Crippen LogP contribution in [0.5, 0.6) is 0 Å². The second kappa shape index (κ2) is 4.51. The van der Waals surface area contributed by atoms with E-state index in [2.05, 4.69) is 35.0 Å². The highest BCUT2D eigenvalue weighted by Gasteiger charge is 2.02. The molecule has 1 unspecified atom stereocenters. The summed E-state index contributed by atoms with van der Waals surface area (Å²) >= 11 is 3.44. The van der Waals surface area contributed by atoms with E-state index in [-0.39, 0.29) is 0 Å². The smallest absolute Gasteiger partial charge is 0.0314 e. The molecular weight excluding hydrogens is 214 g/mol. The fourth-order valence-electron chi connectivity index (χ4n) is 1.15. The first-order chi connectivity index (χ1) is 5.74. The third kappa shape index (κ3) is 2.52. The molecule has 0 amide bonds. The molecule has 1 nitrogen and oxygen atoms in total. The van der Waals surface area contributed by atoms with Crippen molar-refractivity contribution in [3.05, 3.63) is 29.8 Å². The molecule has 0 bridgehead atoms. The summed E-state index contributed by atoms with van der Waals surface area (Å²) in [6, 6.07) is 8.12. The SMILES string of the molecule is CC(CCBr)c1ccc(N)cc1. The lowest BCUT2D eigenvalue weighted by Gasteiger charge is -2.09. The van der Waals surface area contributed by atoms with Crippen molar-refractivity contribution in [1.82, 2.24) is 0 Å². The van der Waals surface area contributed by atoms with E-state index in [1.165, 1.54) is 12.0 Å². The van der Waals surface area contributed by atoms with Crippen LogP contribution in [0.4, 0.5) is 5.69 Å². The molecule has 0 radical (unpaired) electrons. The van der Waals surface area contributed by atoms with Crippen molar-refractivity contribution < 1.29 is 0 Å². The molecule has 0 aromatic heterocycles. The van der Waals surface area contributed by atoms with E-state index in [0.717, 1.165) is 11.0 Å². The van der Waals surface area contributed by atoms with E-state index in [4.69, 9.17) is 5.73 Å². The van der Waals surface area contributed by atoms with Gasteiger partial charge in [-0.1, -0.05) is 35.0 Å². The van der Waals surface area contributed by atoms with Crippen molar-refractivity contribution >= 4 is 21.6 Å². The van der Waals surface area contributed by atoms with E-state index < -0.39 is 0 Å². The average Bonchev–Trinajstić information content (AvgIpc) is 2.06. The molecule has 66 valence electrons. The van der Waals surface area contributed by atoms with Gasteiger partial charge < -0.3 is 5.73 Å². The number of nitrogen functional groups attached to an aromatic ring is 1. The number of alkyl halides is 1. The van der Waals surface area contributed by atoms with Crippen LogP contribution in [0.3, 0.4) is 0 Å². The van der Waals surface area contributed by atoms with Gasteiger partial charge in [0.2, 0.25) is 0 Å². The number of anilines is 1. The van der Waals surface area contributed by atoms with Gasteiger partial charge in [0.15, 0.2) is 0 Å². The molecule has 0 aliphatic heterocycles. The summed E-state index contributed by atoms with van der Waals surface area (Å²) in [5.74, 6) is 0.616. The molecule has 1 rings (SSSR count). The van der Waals surface area contributed by atoms with Gasteiger partial charge in [0.05, 0.1) is 0 Å². The molecule has 0 heterocycles. The van der Waals surface area contributed by atoms with Gasteiger partial charge in [0, 0.05) is 11.0 Å². The van der Waals surface area contributed by atoms with Crippen molar-refractivity contribution in [2.24, 2.45) is 0 Å². The molecule has 0 aliphatic rings. The van der Waals surface area contributed by atoms with Gasteiger partial charge in [0.25, 0.3) is 0 Å². The molecule has 0 spiro atoms. The molecule has 1 aromatic carbocycles. The van der Waals surface area contributed by atoms with Crippen LogP contribution in [-0.4, -0.2) is 5.33 Å². The van der Waals surface area contributed by atoms with Crippen LogP contribution in [0.25, 0.3) is 0 Å². The van der Waals surface area contributed by atoms with Crippen LogP contribution in [0.1, 0.15) is 24.8 Å². The largest absolute Gasteiger partial charge is 0.399 e. The fraction of sp³-hybridized carbons (Fsp3) is 0.400. The van der Waals surface area contributed by atoms with Gasteiger partial charge in [-0.15, -0.1) is 0 Å².